The Morgan fingerprint density at radius 2 is 1.88 bits per heavy atom. The number of aryl methyl sites for hydroxylation is 1. The smallest absolute Gasteiger partial charge is 0.264 e. The predicted molar refractivity (Wildman–Crippen MR) is 63.4 cm³/mol. The highest BCUT2D eigenvalue weighted by molar-refractivity contribution is 7.89. The van der Waals surface area contributed by atoms with Crippen LogP contribution in [0.2, 0.25) is 0 Å². The molecule has 1 unspecified atom stereocenters. The van der Waals surface area contributed by atoms with Gasteiger partial charge in [-0.05, 0) is 19.1 Å². The van der Waals surface area contributed by atoms with Gasteiger partial charge in [0.15, 0.2) is 0 Å². The van der Waals surface area contributed by atoms with Gasteiger partial charge in [-0.1, -0.05) is 31.2 Å². The van der Waals surface area contributed by atoms with Crippen LogP contribution in [-0.2, 0) is 10.0 Å². The number of hydrogen-bond donors (Lipinski definition) is 0. The van der Waals surface area contributed by atoms with E-state index in [1.165, 1.54) is 4.31 Å². The molecule has 1 saturated heterocycles. The first-order valence-corrected chi connectivity index (χ1v) is 6.65. The molecule has 1 aliphatic heterocycles. The average molecular weight is 237 g/mol. The maximum absolute atomic E-state index is 12.1. The summed E-state index contributed by atoms with van der Waals surface area (Å²) >= 11 is 0. The fourth-order valence-electron chi connectivity index (χ4n) is 1.69. The Labute approximate surface area is 96.4 Å². The van der Waals surface area contributed by atoms with E-state index in [2.05, 4.69) is 6.58 Å². The molecule has 1 aromatic rings. The molecular formula is C12H15NO2S. The van der Waals surface area contributed by atoms with Crippen LogP contribution in [0.5, 0.6) is 0 Å². The van der Waals surface area contributed by atoms with Crippen LogP contribution in [0.25, 0.3) is 0 Å². The van der Waals surface area contributed by atoms with Crippen molar-refractivity contribution in [1.29, 1.82) is 0 Å². The van der Waals surface area contributed by atoms with Crippen molar-refractivity contribution in [3.8, 4) is 0 Å². The highest BCUT2D eigenvalue weighted by Crippen LogP contribution is 2.33. The van der Waals surface area contributed by atoms with Gasteiger partial charge in [0.2, 0.25) is 0 Å². The molecule has 2 rings (SSSR count). The maximum atomic E-state index is 12.1. The lowest BCUT2D eigenvalue weighted by Crippen LogP contribution is -2.45. The molecule has 86 valence electrons. The quantitative estimate of drug-likeness (QED) is 0.790. The Bertz CT molecular complexity index is 516. The molecule has 1 aliphatic rings. The zero-order valence-corrected chi connectivity index (χ0v) is 10.3. The third kappa shape index (κ3) is 1.63. The van der Waals surface area contributed by atoms with Crippen LogP contribution in [-0.4, -0.2) is 19.3 Å². The van der Waals surface area contributed by atoms with Crippen molar-refractivity contribution in [1.82, 2.24) is 4.31 Å². The Morgan fingerprint density at radius 1 is 1.31 bits per heavy atom. The minimum Gasteiger partial charge on any atom is -0.270 e. The highest BCUT2D eigenvalue weighted by atomic mass is 32.2. The second-order valence-corrected chi connectivity index (χ2v) is 6.10. The van der Waals surface area contributed by atoms with Gasteiger partial charge in [-0.2, -0.15) is 0 Å². The van der Waals surface area contributed by atoms with E-state index in [1.807, 2.05) is 13.8 Å². The maximum Gasteiger partial charge on any atom is 0.264 e. The van der Waals surface area contributed by atoms with Gasteiger partial charge in [0, 0.05) is 18.2 Å². The van der Waals surface area contributed by atoms with E-state index in [-0.39, 0.29) is 5.92 Å². The molecule has 0 aromatic heterocycles. The van der Waals surface area contributed by atoms with Crippen LogP contribution in [0, 0.1) is 12.8 Å². The van der Waals surface area contributed by atoms with Gasteiger partial charge in [-0.3, -0.25) is 4.31 Å². The van der Waals surface area contributed by atoms with Crippen molar-refractivity contribution in [2.24, 2.45) is 5.92 Å². The predicted octanol–water partition coefficient (Wildman–Crippen LogP) is 2.15. The Balaban J connectivity index is 2.33. The topological polar surface area (TPSA) is 37.4 Å². The number of benzene rings is 1. The van der Waals surface area contributed by atoms with E-state index in [0.29, 0.717) is 17.1 Å². The van der Waals surface area contributed by atoms with Gasteiger partial charge < -0.3 is 0 Å². The van der Waals surface area contributed by atoms with Crippen molar-refractivity contribution >= 4 is 10.0 Å². The van der Waals surface area contributed by atoms with E-state index < -0.39 is 10.0 Å². The monoisotopic (exact) mass is 237 g/mol. The van der Waals surface area contributed by atoms with Gasteiger partial charge in [0.1, 0.15) is 0 Å². The average Bonchev–Trinajstić information content (AvgIpc) is 2.25. The largest absolute Gasteiger partial charge is 0.270 e. The summed E-state index contributed by atoms with van der Waals surface area (Å²) in [5.41, 5.74) is 1.73. The normalized spacial score (nSPS) is 20.8. The molecule has 1 heterocycles. The summed E-state index contributed by atoms with van der Waals surface area (Å²) in [6, 6.07) is 6.89. The molecule has 3 nitrogen and oxygen atoms in total. The van der Waals surface area contributed by atoms with Gasteiger partial charge >= 0.3 is 0 Å². The van der Waals surface area contributed by atoms with Crippen LogP contribution in [0.3, 0.4) is 0 Å². The van der Waals surface area contributed by atoms with Gasteiger partial charge in [-0.15, -0.1) is 0 Å². The summed E-state index contributed by atoms with van der Waals surface area (Å²) in [6.07, 6.45) is 0. The standard InChI is InChI=1S/C12H15NO2S/c1-9-4-6-12(7-5-9)16(14,15)13-8-10(2)11(13)3/h4-7,10H,3,8H2,1-2H3. The lowest BCUT2D eigenvalue weighted by Gasteiger charge is -2.40. The number of rotatable bonds is 2. The fourth-order valence-corrected chi connectivity index (χ4v) is 3.34. The molecule has 1 fully saturated rings. The molecule has 4 heteroatoms. The first kappa shape index (κ1) is 11.2. The van der Waals surface area contributed by atoms with Gasteiger partial charge in [-0.25, -0.2) is 8.42 Å². The Morgan fingerprint density at radius 3 is 2.31 bits per heavy atom. The zero-order valence-electron chi connectivity index (χ0n) is 9.47. The van der Waals surface area contributed by atoms with Crippen LogP contribution in [0.15, 0.2) is 41.4 Å². The highest BCUT2D eigenvalue weighted by Gasteiger charge is 2.36. The van der Waals surface area contributed by atoms with E-state index in [4.69, 9.17) is 0 Å². The summed E-state index contributed by atoms with van der Waals surface area (Å²) in [5, 5.41) is 0. The molecule has 0 aliphatic carbocycles. The number of sulfonamides is 1. The van der Waals surface area contributed by atoms with Crippen molar-refractivity contribution in [2.45, 2.75) is 18.7 Å². The van der Waals surface area contributed by atoms with Crippen molar-refractivity contribution in [3.63, 3.8) is 0 Å². The van der Waals surface area contributed by atoms with Gasteiger partial charge in [0.05, 0.1) is 4.90 Å². The van der Waals surface area contributed by atoms with Crippen LogP contribution in [0.1, 0.15) is 12.5 Å². The van der Waals surface area contributed by atoms with E-state index in [1.54, 1.807) is 24.3 Å². The summed E-state index contributed by atoms with van der Waals surface area (Å²) in [6.45, 7) is 8.22. The van der Waals surface area contributed by atoms with Crippen LogP contribution in [0.4, 0.5) is 0 Å². The van der Waals surface area contributed by atoms with E-state index in [0.717, 1.165) is 5.56 Å². The molecule has 0 bridgehead atoms. The second-order valence-electron chi connectivity index (χ2n) is 4.24. The van der Waals surface area contributed by atoms with E-state index in [9.17, 15) is 8.42 Å². The van der Waals surface area contributed by atoms with E-state index >= 15 is 0 Å². The van der Waals surface area contributed by atoms with Crippen LogP contribution < -0.4 is 0 Å². The number of nitrogens with zero attached hydrogens (tertiary/aromatic N) is 1. The fraction of sp³-hybridized carbons (Fsp3) is 0.333. The Kier molecular flexibility index (Phi) is 2.54. The minimum absolute atomic E-state index is 0.264. The zero-order chi connectivity index (χ0) is 11.9. The molecular weight excluding hydrogens is 222 g/mol. The lowest BCUT2D eigenvalue weighted by atomic mass is 10.0. The minimum atomic E-state index is -3.37. The van der Waals surface area contributed by atoms with Gasteiger partial charge in [0.25, 0.3) is 10.0 Å². The molecule has 1 atom stereocenters. The molecule has 0 spiro atoms. The van der Waals surface area contributed by atoms with Crippen LogP contribution >= 0.6 is 0 Å². The second kappa shape index (κ2) is 3.63. The molecule has 0 amide bonds. The third-order valence-electron chi connectivity index (χ3n) is 2.94. The summed E-state index contributed by atoms with van der Waals surface area (Å²) in [7, 11) is -3.37. The summed E-state index contributed by atoms with van der Waals surface area (Å²) in [5.74, 6) is 0.264. The SMILES string of the molecule is C=C1C(C)CN1S(=O)(=O)c1ccc(C)cc1. The molecule has 1 aromatic carbocycles. The Hall–Kier alpha value is -1.29. The van der Waals surface area contributed by atoms with Crippen molar-refractivity contribution in [2.75, 3.05) is 6.54 Å². The molecule has 16 heavy (non-hydrogen) atoms. The van der Waals surface area contributed by atoms with Crippen molar-refractivity contribution < 1.29 is 8.42 Å². The summed E-state index contributed by atoms with van der Waals surface area (Å²) < 4.78 is 25.7. The van der Waals surface area contributed by atoms with Crippen molar-refractivity contribution in [3.05, 3.63) is 42.1 Å². The first-order valence-electron chi connectivity index (χ1n) is 5.21. The molecule has 0 radical (unpaired) electrons. The lowest BCUT2D eigenvalue weighted by molar-refractivity contribution is 0.304. The third-order valence-corrected chi connectivity index (χ3v) is 4.77. The molecule has 0 saturated carbocycles. The number of hydrogen-bond acceptors (Lipinski definition) is 2. The first-order chi connectivity index (χ1) is 7.43. The summed E-state index contributed by atoms with van der Waals surface area (Å²) in [4.78, 5) is 0.339. The molecule has 0 N–H and O–H groups in total.